The molecule has 0 aromatic carbocycles. The number of aromatic nitrogens is 3. The van der Waals surface area contributed by atoms with Crippen LogP contribution in [0.1, 0.15) is 40.8 Å². The van der Waals surface area contributed by atoms with Crippen molar-refractivity contribution < 1.29 is 4.79 Å². The average molecular weight is 305 g/mol. The third-order valence-electron chi connectivity index (χ3n) is 2.88. The lowest BCUT2D eigenvalue weighted by molar-refractivity contribution is 0.0950. The largest absolute Gasteiger partial charge is 0.346 e. The third kappa shape index (κ3) is 4.49. The normalized spacial score (nSPS) is 10.4. The van der Waals surface area contributed by atoms with Gasteiger partial charge in [-0.1, -0.05) is 24.9 Å². The molecular formula is C15H17ClN4O. The standard InChI is InChI=1S/C15H17ClN4O/c1-3-4-12-5-11(6-14(16)20-12)15(21)19-9-13-8-17-10(2)7-18-13/h5-8H,3-4,9H2,1-2H3,(H,19,21). The number of nitrogens with zero attached hydrogens (tertiary/aromatic N) is 3. The first-order chi connectivity index (χ1) is 10.1. The van der Waals surface area contributed by atoms with Crippen LogP contribution in [0.5, 0.6) is 0 Å². The summed E-state index contributed by atoms with van der Waals surface area (Å²) in [7, 11) is 0. The predicted octanol–water partition coefficient (Wildman–Crippen LogP) is 2.72. The van der Waals surface area contributed by atoms with Gasteiger partial charge in [0.15, 0.2) is 0 Å². The molecule has 2 heterocycles. The van der Waals surface area contributed by atoms with Crippen molar-refractivity contribution in [3.63, 3.8) is 0 Å². The number of aryl methyl sites for hydroxylation is 2. The van der Waals surface area contributed by atoms with E-state index < -0.39 is 0 Å². The summed E-state index contributed by atoms with van der Waals surface area (Å²) < 4.78 is 0. The van der Waals surface area contributed by atoms with Gasteiger partial charge in [0.1, 0.15) is 5.15 Å². The summed E-state index contributed by atoms with van der Waals surface area (Å²) in [5.74, 6) is -0.195. The van der Waals surface area contributed by atoms with E-state index in [4.69, 9.17) is 11.6 Å². The Labute approximate surface area is 128 Å². The lowest BCUT2D eigenvalue weighted by atomic mass is 10.1. The number of hydrogen-bond acceptors (Lipinski definition) is 4. The molecule has 2 aromatic heterocycles. The van der Waals surface area contributed by atoms with Gasteiger partial charge in [-0.3, -0.25) is 14.8 Å². The Morgan fingerprint density at radius 2 is 2.05 bits per heavy atom. The van der Waals surface area contributed by atoms with Gasteiger partial charge >= 0.3 is 0 Å². The van der Waals surface area contributed by atoms with Crippen LogP contribution in [0.3, 0.4) is 0 Å². The minimum absolute atomic E-state index is 0.195. The van der Waals surface area contributed by atoms with E-state index in [-0.39, 0.29) is 5.91 Å². The topological polar surface area (TPSA) is 67.8 Å². The zero-order valence-corrected chi connectivity index (χ0v) is 12.8. The van der Waals surface area contributed by atoms with Gasteiger partial charge in [0, 0.05) is 17.5 Å². The number of carbonyl (C=O) groups is 1. The highest BCUT2D eigenvalue weighted by molar-refractivity contribution is 6.29. The van der Waals surface area contributed by atoms with Crippen LogP contribution in [0, 0.1) is 6.92 Å². The monoisotopic (exact) mass is 304 g/mol. The molecule has 0 aliphatic carbocycles. The summed E-state index contributed by atoms with van der Waals surface area (Å²) in [5.41, 5.74) is 2.89. The molecule has 6 heteroatoms. The quantitative estimate of drug-likeness (QED) is 0.862. The van der Waals surface area contributed by atoms with Crippen molar-refractivity contribution in [2.75, 3.05) is 0 Å². The van der Waals surface area contributed by atoms with Gasteiger partial charge in [-0.05, 0) is 25.5 Å². The molecule has 0 aliphatic rings. The van der Waals surface area contributed by atoms with Crippen LogP contribution in [0.2, 0.25) is 5.15 Å². The first-order valence-electron chi connectivity index (χ1n) is 6.80. The van der Waals surface area contributed by atoms with E-state index in [0.717, 1.165) is 24.2 Å². The maximum absolute atomic E-state index is 12.1. The maximum atomic E-state index is 12.1. The van der Waals surface area contributed by atoms with E-state index in [1.807, 2.05) is 6.92 Å². The van der Waals surface area contributed by atoms with Crippen LogP contribution in [-0.2, 0) is 13.0 Å². The van der Waals surface area contributed by atoms with Crippen LogP contribution >= 0.6 is 11.6 Å². The lowest BCUT2D eigenvalue weighted by Gasteiger charge is -2.07. The highest BCUT2D eigenvalue weighted by Gasteiger charge is 2.09. The summed E-state index contributed by atoms with van der Waals surface area (Å²) in [6.07, 6.45) is 5.07. The average Bonchev–Trinajstić information content (AvgIpc) is 2.46. The van der Waals surface area contributed by atoms with E-state index in [9.17, 15) is 4.79 Å². The van der Waals surface area contributed by atoms with E-state index in [1.54, 1.807) is 24.5 Å². The number of amides is 1. The molecule has 110 valence electrons. The Hall–Kier alpha value is -2.01. The second-order valence-corrected chi connectivity index (χ2v) is 5.14. The molecule has 0 spiro atoms. The first-order valence-corrected chi connectivity index (χ1v) is 7.18. The van der Waals surface area contributed by atoms with Gasteiger partial charge in [0.05, 0.1) is 24.1 Å². The Morgan fingerprint density at radius 1 is 1.24 bits per heavy atom. The molecular weight excluding hydrogens is 288 g/mol. The van der Waals surface area contributed by atoms with Crippen LogP contribution in [0.25, 0.3) is 0 Å². The van der Waals surface area contributed by atoms with Crippen LogP contribution in [0.15, 0.2) is 24.5 Å². The highest BCUT2D eigenvalue weighted by atomic mass is 35.5. The summed E-state index contributed by atoms with van der Waals surface area (Å²) in [5, 5.41) is 3.14. The molecule has 1 amide bonds. The molecule has 1 N–H and O–H groups in total. The molecule has 0 unspecified atom stereocenters. The number of pyridine rings is 1. The van der Waals surface area contributed by atoms with Crippen molar-refractivity contribution in [2.24, 2.45) is 0 Å². The molecule has 21 heavy (non-hydrogen) atoms. The van der Waals surface area contributed by atoms with E-state index in [0.29, 0.717) is 23.0 Å². The second kappa shape index (κ2) is 7.13. The van der Waals surface area contributed by atoms with Crippen LogP contribution < -0.4 is 5.32 Å². The molecule has 0 aliphatic heterocycles. The van der Waals surface area contributed by atoms with Gasteiger partial charge in [-0.25, -0.2) is 4.98 Å². The van der Waals surface area contributed by atoms with Crippen molar-refractivity contribution in [2.45, 2.75) is 33.2 Å². The molecule has 2 rings (SSSR count). The maximum Gasteiger partial charge on any atom is 0.251 e. The fourth-order valence-electron chi connectivity index (χ4n) is 1.85. The minimum atomic E-state index is -0.195. The summed E-state index contributed by atoms with van der Waals surface area (Å²) in [6.45, 7) is 4.25. The van der Waals surface area contributed by atoms with Crippen molar-refractivity contribution in [1.82, 2.24) is 20.3 Å². The molecule has 0 saturated carbocycles. The fraction of sp³-hybridized carbons (Fsp3) is 0.333. The zero-order chi connectivity index (χ0) is 15.2. The summed E-state index contributed by atoms with van der Waals surface area (Å²) in [4.78, 5) is 24.7. The number of carbonyl (C=O) groups excluding carboxylic acids is 1. The van der Waals surface area contributed by atoms with Crippen molar-refractivity contribution >= 4 is 17.5 Å². The van der Waals surface area contributed by atoms with Crippen LogP contribution in [-0.4, -0.2) is 20.9 Å². The van der Waals surface area contributed by atoms with Crippen molar-refractivity contribution in [3.05, 3.63) is 52.3 Å². The van der Waals surface area contributed by atoms with Gasteiger partial charge in [0.25, 0.3) is 5.91 Å². The summed E-state index contributed by atoms with van der Waals surface area (Å²) >= 11 is 5.95. The lowest BCUT2D eigenvalue weighted by Crippen LogP contribution is -2.23. The molecule has 0 atom stereocenters. The molecule has 0 radical (unpaired) electrons. The Balaban J connectivity index is 2.04. The van der Waals surface area contributed by atoms with E-state index in [2.05, 4.69) is 27.2 Å². The number of rotatable bonds is 5. The SMILES string of the molecule is CCCc1cc(C(=O)NCc2cnc(C)cn2)cc(Cl)n1. The molecule has 0 saturated heterocycles. The molecule has 5 nitrogen and oxygen atoms in total. The summed E-state index contributed by atoms with van der Waals surface area (Å²) in [6, 6.07) is 3.34. The molecule has 0 bridgehead atoms. The third-order valence-corrected chi connectivity index (χ3v) is 3.07. The van der Waals surface area contributed by atoms with E-state index >= 15 is 0 Å². The Kier molecular flexibility index (Phi) is 5.22. The van der Waals surface area contributed by atoms with Gasteiger partial charge in [0.2, 0.25) is 0 Å². The van der Waals surface area contributed by atoms with Crippen molar-refractivity contribution in [1.29, 1.82) is 0 Å². The number of halogens is 1. The molecule has 2 aromatic rings. The molecule has 0 fully saturated rings. The fourth-order valence-corrected chi connectivity index (χ4v) is 2.08. The highest BCUT2D eigenvalue weighted by Crippen LogP contribution is 2.12. The van der Waals surface area contributed by atoms with Gasteiger partial charge < -0.3 is 5.32 Å². The second-order valence-electron chi connectivity index (χ2n) is 4.75. The zero-order valence-electron chi connectivity index (χ0n) is 12.1. The van der Waals surface area contributed by atoms with Gasteiger partial charge in [-0.2, -0.15) is 0 Å². The number of hydrogen-bond donors (Lipinski definition) is 1. The Morgan fingerprint density at radius 3 is 2.71 bits per heavy atom. The van der Waals surface area contributed by atoms with Crippen molar-refractivity contribution in [3.8, 4) is 0 Å². The smallest absolute Gasteiger partial charge is 0.251 e. The Bertz CT molecular complexity index is 628. The number of nitrogens with one attached hydrogen (secondary N) is 1. The van der Waals surface area contributed by atoms with E-state index in [1.165, 1.54) is 0 Å². The van der Waals surface area contributed by atoms with Crippen LogP contribution in [0.4, 0.5) is 0 Å². The predicted molar refractivity (Wildman–Crippen MR) is 81.2 cm³/mol. The minimum Gasteiger partial charge on any atom is -0.346 e. The van der Waals surface area contributed by atoms with Gasteiger partial charge in [-0.15, -0.1) is 0 Å². The first kappa shape index (κ1) is 15.4.